The summed E-state index contributed by atoms with van der Waals surface area (Å²) in [6.45, 7) is 10.7. The first-order valence-corrected chi connectivity index (χ1v) is 8.19. The fourth-order valence-electron chi connectivity index (χ4n) is 3.86. The molecule has 2 aliphatic rings. The molecule has 0 radical (unpaired) electrons. The second kappa shape index (κ2) is 5.87. The summed E-state index contributed by atoms with van der Waals surface area (Å²) in [4.78, 5) is 2.67. The van der Waals surface area contributed by atoms with E-state index in [4.69, 9.17) is 0 Å². The molecule has 0 bridgehead atoms. The van der Waals surface area contributed by atoms with E-state index in [0.29, 0.717) is 11.3 Å². The summed E-state index contributed by atoms with van der Waals surface area (Å²) < 4.78 is 0. The largest absolute Gasteiger partial charge is 0.316 e. The lowest BCUT2D eigenvalue weighted by Gasteiger charge is -2.40. The van der Waals surface area contributed by atoms with Crippen molar-refractivity contribution in [1.82, 2.24) is 10.2 Å². The van der Waals surface area contributed by atoms with Crippen molar-refractivity contribution < 1.29 is 0 Å². The molecule has 0 aliphatic carbocycles. The monoisotopic (exact) mass is 272 g/mol. The molecule has 1 aromatic rings. The van der Waals surface area contributed by atoms with E-state index in [9.17, 15) is 0 Å². The first kappa shape index (κ1) is 14.1. The van der Waals surface area contributed by atoms with Gasteiger partial charge in [-0.05, 0) is 54.8 Å². The number of likely N-dealkylation sites (tertiary alicyclic amines) is 1. The van der Waals surface area contributed by atoms with Crippen molar-refractivity contribution in [2.24, 2.45) is 5.41 Å². The zero-order valence-corrected chi connectivity index (χ0v) is 13.0. The third-order valence-electron chi connectivity index (χ3n) is 5.13. The fourth-order valence-corrected chi connectivity index (χ4v) is 3.86. The molecule has 3 rings (SSSR count). The Balaban J connectivity index is 1.62. The minimum absolute atomic E-state index is 0.579. The average Bonchev–Trinajstić information content (AvgIpc) is 2.87. The Morgan fingerprint density at radius 3 is 2.65 bits per heavy atom. The summed E-state index contributed by atoms with van der Waals surface area (Å²) in [6, 6.07) is 9.25. The number of rotatable bonds is 3. The zero-order valence-electron chi connectivity index (χ0n) is 13.0. The van der Waals surface area contributed by atoms with Crippen LogP contribution in [-0.2, 0) is 6.54 Å². The van der Waals surface area contributed by atoms with Gasteiger partial charge in [-0.3, -0.25) is 4.90 Å². The zero-order chi connectivity index (χ0) is 14.0. The Labute approximate surface area is 123 Å². The van der Waals surface area contributed by atoms with Crippen molar-refractivity contribution in [3.05, 3.63) is 35.4 Å². The first-order valence-electron chi connectivity index (χ1n) is 8.19. The van der Waals surface area contributed by atoms with E-state index in [-0.39, 0.29) is 0 Å². The normalized spacial score (nSPS) is 27.6. The Morgan fingerprint density at radius 2 is 2.00 bits per heavy atom. The van der Waals surface area contributed by atoms with Gasteiger partial charge in [-0.25, -0.2) is 0 Å². The van der Waals surface area contributed by atoms with Crippen molar-refractivity contribution >= 4 is 0 Å². The SMILES string of the molecule is CC(C)c1ccc(CN2CCCC3(CCNC3)C2)cc1. The first-order chi connectivity index (χ1) is 9.67. The molecule has 1 N–H and O–H groups in total. The predicted molar refractivity (Wildman–Crippen MR) is 85.0 cm³/mol. The second-order valence-electron chi connectivity index (χ2n) is 7.14. The number of benzene rings is 1. The van der Waals surface area contributed by atoms with Gasteiger partial charge >= 0.3 is 0 Å². The molecule has 0 saturated carbocycles. The molecule has 0 amide bonds. The maximum Gasteiger partial charge on any atom is 0.0233 e. The fraction of sp³-hybridized carbons (Fsp3) is 0.667. The topological polar surface area (TPSA) is 15.3 Å². The van der Waals surface area contributed by atoms with Crippen LogP contribution in [0.2, 0.25) is 0 Å². The second-order valence-corrected chi connectivity index (χ2v) is 7.14. The van der Waals surface area contributed by atoms with Gasteiger partial charge in [0.1, 0.15) is 0 Å². The standard InChI is InChI=1S/C18H28N2/c1-15(2)17-6-4-16(5-7-17)12-20-11-3-8-18(14-20)9-10-19-13-18/h4-7,15,19H,3,8-14H2,1-2H3. The summed E-state index contributed by atoms with van der Waals surface area (Å²) in [5.74, 6) is 0.631. The molecular formula is C18H28N2. The van der Waals surface area contributed by atoms with Crippen molar-refractivity contribution in [1.29, 1.82) is 0 Å². The number of nitrogens with one attached hydrogen (secondary N) is 1. The molecule has 110 valence electrons. The Morgan fingerprint density at radius 1 is 1.20 bits per heavy atom. The van der Waals surface area contributed by atoms with Gasteiger partial charge in [-0.1, -0.05) is 38.1 Å². The third-order valence-corrected chi connectivity index (χ3v) is 5.13. The van der Waals surface area contributed by atoms with Gasteiger partial charge < -0.3 is 5.32 Å². The Bertz CT molecular complexity index is 429. The van der Waals surface area contributed by atoms with Gasteiger partial charge in [-0.2, -0.15) is 0 Å². The van der Waals surface area contributed by atoms with Crippen molar-refractivity contribution in [3.63, 3.8) is 0 Å². The van der Waals surface area contributed by atoms with Crippen LogP contribution in [0, 0.1) is 5.41 Å². The van der Waals surface area contributed by atoms with Gasteiger partial charge in [0, 0.05) is 19.6 Å². The molecule has 2 saturated heterocycles. The molecule has 1 atom stereocenters. The highest BCUT2D eigenvalue weighted by Gasteiger charge is 2.37. The molecular weight excluding hydrogens is 244 g/mol. The molecule has 1 unspecified atom stereocenters. The molecule has 2 aliphatic heterocycles. The number of hydrogen-bond donors (Lipinski definition) is 1. The third kappa shape index (κ3) is 3.07. The molecule has 1 spiro atoms. The summed E-state index contributed by atoms with van der Waals surface area (Å²) >= 11 is 0. The van der Waals surface area contributed by atoms with Crippen LogP contribution in [0.15, 0.2) is 24.3 Å². The smallest absolute Gasteiger partial charge is 0.0233 e. The highest BCUT2D eigenvalue weighted by atomic mass is 15.1. The lowest BCUT2D eigenvalue weighted by atomic mass is 9.79. The van der Waals surface area contributed by atoms with Gasteiger partial charge in [0.25, 0.3) is 0 Å². The van der Waals surface area contributed by atoms with E-state index in [1.54, 1.807) is 0 Å². The van der Waals surface area contributed by atoms with E-state index >= 15 is 0 Å². The van der Waals surface area contributed by atoms with Crippen LogP contribution in [0.3, 0.4) is 0 Å². The molecule has 2 nitrogen and oxygen atoms in total. The molecule has 2 heterocycles. The summed E-state index contributed by atoms with van der Waals surface area (Å²) in [5.41, 5.74) is 3.50. The highest BCUT2D eigenvalue weighted by Crippen LogP contribution is 2.35. The maximum atomic E-state index is 3.56. The van der Waals surface area contributed by atoms with Crippen LogP contribution in [-0.4, -0.2) is 31.1 Å². The summed E-state index contributed by atoms with van der Waals surface area (Å²) in [7, 11) is 0. The van der Waals surface area contributed by atoms with Crippen LogP contribution in [0.5, 0.6) is 0 Å². The van der Waals surface area contributed by atoms with Crippen LogP contribution >= 0.6 is 0 Å². The lowest BCUT2D eigenvalue weighted by Crippen LogP contribution is -2.43. The molecule has 2 heteroatoms. The molecule has 1 aromatic carbocycles. The van der Waals surface area contributed by atoms with Crippen LogP contribution in [0.4, 0.5) is 0 Å². The number of hydrogen-bond acceptors (Lipinski definition) is 2. The number of nitrogens with zero attached hydrogens (tertiary/aromatic N) is 1. The summed E-state index contributed by atoms with van der Waals surface area (Å²) in [5, 5.41) is 3.56. The van der Waals surface area contributed by atoms with Crippen molar-refractivity contribution in [3.8, 4) is 0 Å². The molecule has 20 heavy (non-hydrogen) atoms. The quantitative estimate of drug-likeness (QED) is 0.907. The lowest BCUT2D eigenvalue weighted by molar-refractivity contribution is 0.0978. The Hall–Kier alpha value is -0.860. The minimum atomic E-state index is 0.579. The van der Waals surface area contributed by atoms with E-state index in [2.05, 4.69) is 48.3 Å². The van der Waals surface area contributed by atoms with E-state index in [1.807, 2.05) is 0 Å². The average molecular weight is 272 g/mol. The Kier molecular flexibility index (Phi) is 4.13. The molecule has 2 fully saturated rings. The predicted octanol–water partition coefficient (Wildman–Crippen LogP) is 3.39. The van der Waals surface area contributed by atoms with Gasteiger partial charge in [0.15, 0.2) is 0 Å². The van der Waals surface area contributed by atoms with Gasteiger partial charge in [-0.15, -0.1) is 0 Å². The summed E-state index contributed by atoms with van der Waals surface area (Å²) in [6.07, 6.45) is 4.16. The van der Waals surface area contributed by atoms with Crippen molar-refractivity contribution in [2.45, 2.75) is 45.6 Å². The van der Waals surface area contributed by atoms with Gasteiger partial charge in [0.05, 0.1) is 0 Å². The van der Waals surface area contributed by atoms with Crippen LogP contribution in [0.25, 0.3) is 0 Å². The van der Waals surface area contributed by atoms with Crippen LogP contribution in [0.1, 0.15) is 50.2 Å². The maximum absolute atomic E-state index is 3.56. The minimum Gasteiger partial charge on any atom is -0.316 e. The number of piperidine rings is 1. The van der Waals surface area contributed by atoms with Gasteiger partial charge in [0.2, 0.25) is 0 Å². The highest BCUT2D eigenvalue weighted by molar-refractivity contribution is 5.24. The van der Waals surface area contributed by atoms with E-state index in [0.717, 1.165) is 6.54 Å². The van der Waals surface area contributed by atoms with Crippen molar-refractivity contribution in [2.75, 3.05) is 26.2 Å². The van der Waals surface area contributed by atoms with Crippen LogP contribution < -0.4 is 5.32 Å². The molecule has 0 aromatic heterocycles. The van der Waals surface area contributed by atoms with E-state index < -0.39 is 0 Å². The van der Waals surface area contributed by atoms with E-state index in [1.165, 1.54) is 56.6 Å².